The number of thiophene rings is 1. The van der Waals surface area contributed by atoms with Gasteiger partial charge in [-0.3, -0.25) is 20.4 Å². The van der Waals surface area contributed by atoms with Crippen molar-refractivity contribution in [2.24, 2.45) is 0 Å². The van der Waals surface area contributed by atoms with Gasteiger partial charge < -0.3 is 4.74 Å². The molecule has 0 radical (unpaired) electrons. The zero-order valence-corrected chi connectivity index (χ0v) is 15.0. The molecule has 0 atom stereocenters. The van der Waals surface area contributed by atoms with Crippen molar-refractivity contribution in [1.82, 2.24) is 10.9 Å². The molecule has 0 spiro atoms. The first-order valence-electron chi connectivity index (χ1n) is 7.13. The summed E-state index contributed by atoms with van der Waals surface area (Å²) in [5.41, 5.74) is 4.03. The first-order chi connectivity index (χ1) is 12.7. The van der Waals surface area contributed by atoms with E-state index in [4.69, 9.17) is 0 Å². The quantitative estimate of drug-likeness (QED) is 0.540. The number of carbonyl (C=O) groups is 3. The Morgan fingerprint density at radius 2 is 1.74 bits per heavy atom. The van der Waals surface area contributed by atoms with Crippen molar-refractivity contribution in [3.63, 3.8) is 0 Å². The number of halogens is 2. The Labute approximate surface area is 156 Å². The van der Waals surface area contributed by atoms with E-state index in [1.807, 2.05) is 5.43 Å². The predicted octanol–water partition coefficient (Wildman–Crippen LogP) is 1.36. The first-order valence-corrected chi connectivity index (χ1v) is 9.56. The highest BCUT2D eigenvalue weighted by Gasteiger charge is 2.26. The number of esters is 1. The van der Waals surface area contributed by atoms with Crippen molar-refractivity contribution in [3.05, 3.63) is 52.2 Å². The van der Waals surface area contributed by atoms with Gasteiger partial charge in [0.15, 0.2) is 6.61 Å². The summed E-state index contributed by atoms with van der Waals surface area (Å²) < 4.78 is 52.1. The number of hydrazine groups is 1. The van der Waals surface area contributed by atoms with Gasteiger partial charge in [0, 0.05) is 0 Å². The number of amides is 2. The molecule has 0 unspecified atom stereocenters. The molecule has 2 N–H and O–H groups in total. The van der Waals surface area contributed by atoms with Crippen LogP contribution >= 0.6 is 11.3 Å². The fraction of sp³-hybridized carbons (Fsp3) is 0.133. The highest BCUT2D eigenvalue weighted by atomic mass is 32.2. The van der Waals surface area contributed by atoms with E-state index < -0.39 is 44.9 Å². The number of hydrogen-bond donors (Lipinski definition) is 2. The minimum Gasteiger partial charge on any atom is -0.452 e. The molecule has 2 rings (SSSR count). The number of alkyl halides is 2. The lowest BCUT2D eigenvalue weighted by atomic mass is 10.2. The fourth-order valence-corrected chi connectivity index (χ4v) is 3.07. The fourth-order valence-electron chi connectivity index (χ4n) is 1.73. The van der Waals surface area contributed by atoms with Gasteiger partial charge in [-0.25, -0.2) is 13.2 Å². The minimum atomic E-state index is -4.77. The maximum atomic E-state index is 12.4. The van der Waals surface area contributed by atoms with Crippen molar-refractivity contribution >= 4 is 39.0 Å². The molecule has 1 aromatic carbocycles. The van der Waals surface area contributed by atoms with E-state index in [-0.39, 0.29) is 5.56 Å². The number of benzene rings is 1. The summed E-state index contributed by atoms with van der Waals surface area (Å²) in [6, 6.07) is 6.83. The molecule has 0 bridgehead atoms. The number of ether oxygens (including phenoxy) is 1. The first kappa shape index (κ1) is 20.5. The second-order valence-electron chi connectivity index (χ2n) is 4.89. The Kier molecular flexibility index (Phi) is 6.58. The van der Waals surface area contributed by atoms with E-state index >= 15 is 0 Å². The van der Waals surface area contributed by atoms with Crippen LogP contribution in [0.25, 0.3) is 0 Å². The molecule has 2 amide bonds. The third-order valence-electron chi connectivity index (χ3n) is 3.05. The zero-order chi connectivity index (χ0) is 20.0. The minimum absolute atomic E-state index is 0.140. The molecule has 0 saturated heterocycles. The topological polar surface area (TPSA) is 119 Å². The summed E-state index contributed by atoms with van der Waals surface area (Å²) in [5.74, 6) is -5.91. The van der Waals surface area contributed by atoms with Crippen LogP contribution in [0.5, 0.6) is 0 Å². The summed E-state index contributed by atoms with van der Waals surface area (Å²) in [5, 5.41) is 1.68. The van der Waals surface area contributed by atoms with Gasteiger partial charge >= 0.3 is 11.7 Å². The third-order valence-corrected chi connectivity index (χ3v) is 5.31. The van der Waals surface area contributed by atoms with Gasteiger partial charge in [-0.2, -0.15) is 8.78 Å². The van der Waals surface area contributed by atoms with Gasteiger partial charge in [0.2, 0.25) is 9.84 Å². The normalized spacial score (nSPS) is 11.1. The lowest BCUT2D eigenvalue weighted by Crippen LogP contribution is -2.43. The number of rotatable bonds is 6. The molecule has 0 aliphatic rings. The third kappa shape index (κ3) is 5.31. The second-order valence-corrected chi connectivity index (χ2v) is 7.75. The van der Waals surface area contributed by atoms with Crippen LogP contribution in [-0.2, 0) is 19.4 Å². The predicted molar refractivity (Wildman–Crippen MR) is 89.8 cm³/mol. The van der Waals surface area contributed by atoms with E-state index in [1.165, 1.54) is 0 Å². The van der Waals surface area contributed by atoms with Crippen LogP contribution in [0, 0.1) is 0 Å². The molecule has 1 aromatic heterocycles. The van der Waals surface area contributed by atoms with Crippen LogP contribution in [0.2, 0.25) is 0 Å². The SMILES string of the molecule is O=C(COC(=O)c1ccc(S(=O)(=O)C(F)F)cc1)NNC(=O)c1cccs1. The molecule has 2 aromatic rings. The van der Waals surface area contributed by atoms with Crippen molar-refractivity contribution in [3.8, 4) is 0 Å². The molecule has 144 valence electrons. The maximum absolute atomic E-state index is 12.4. The van der Waals surface area contributed by atoms with Gasteiger partial charge in [0.25, 0.3) is 11.8 Å². The highest BCUT2D eigenvalue weighted by molar-refractivity contribution is 7.91. The van der Waals surface area contributed by atoms with Crippen molar-refractivity contribution in [1.29, 1.82) is 0 Å². The Morgan fingerprint density at radius 1 is 1.07 bits per heavy atom. The molecule has 0 aliphatic carbocycles. The number of nitrogens with one attached hydrogen (secondary N) is 2. The number of carbonyl (C=O) groups excluding carboxylic acids is 3. The van der Waals surface area contributed by atoms with Gasteiger partial charge in [0.1, 0.15) is 0 Å². The summed E-state index contributed by atoms with van der Waals surface area (Å²) in [6.07, 6.45) is 0. The van der Waals surface area contributed by atoms with Crippen molar-refractivity contribution < 1.29 is 36.3 Å². The zero-order valence-electron chi connectivity index (χ0n) is 13.3. The summed E-state index contributed by atoms with van der Waals surface area (Å²) in [6.45, 7) is -0.722. The average Bonchev–Trinajstić information content (AvgIpc) is 3.19. The van der Waals surface area contributed by atoms with Crippen molar-refractivity contribution in [2.45, 2.75) is 10.7 Å². The highest BCUT2D eigenvalue weighted by Crippen LogP contribution is 2.18. The molecule has 0 aliphatic heterocycles. The van der Waals surface area contributed by atoms with Gasteiger partial charge in [-0.05, 0) is 35.7 Å². The largest absolute Gasteiger partial charge is 0.452 e. The molecule has 27 heavy (non-hydrogen) atoms. The summed E-state index contributed by atoms with van der Waals surface area (Å²) >= 11 is 1.16. The van der Waals surface area contributed by atoms with Crippen LogP contribution in [0.15, 0.2) is 46.7 Å². The molecular weight excluding hydrogens is 406 g/mol. The van der Waals surface area contributed by atoms with Crippen LogP contribution in [0.4, 0.5) is 8.78 Å². The van der Waals surface area contributed by atoms with E-state index in [2.05, 4.69) is 10.2 Å². The van der Waals surface area contributed by atoms with Gasteiger partial charge in [0.05, 0.1) is 15.3 Å². The van der Waals surface area contributed by atoms with E-state index in [0.29, 0.717) is 4.88 Å². The summed E-state index contributed by atoms with van der Waals surface area (Å²) in [4.78, 5) is 34.7. The lowest BCUT2D eigenvalue weighted by molar-refractivity contribution is -0.125. The lowest BCUT2D eigenvalue weighted by Gasteiger charge is -2.08. The van der Waals surface area contributed by atoms with Crippen molar-refractivity contribution in [2.75, 3.05) is 6.61 Å². The molecule has 0 saturated carbocycles. The van der Waals surface area contributed by atoms with Crippen LogP contribution < -0.4 is 10.9 Å². The Morgan fingerprint density at radius 3 is 2.30 bits per heavy atom. The molecule has 12 heteroatoms. The van der Waals surface area contributed by atoms with Gasteiger partial charge in [-0.1, -0.05) is 6.07 Å². The monoisotopic (exact) mass is 418 g/mol. The van der Waals surface area contributed by atoms with E-state index in [0.717, 1.165) is 35.6 Å². The Balaban J connectivity index is 1.84. The second kappa shape index (κ2) is 8.68. The van der Waals surface area contributed by atoms with Crippen LogP contribution in [-0.4, -0.2) is 38.6 Å². The Bertz CT molecular complexity index is 928. The van der Waals surface area contributed by atoms with Crippen LogP contribution in [0.3, 0.4) is 0 Å². The van der Waals surface area contributed by atoms with E-state index in [1.54, 1.807) is 17.5 Å². The number of hydrogen-bond acceptors (Lipinski definition) is 7. The number of sulfone groups is 1. The molecule has 1 heterocycles. The average molecular weight is 418 g/mol. The molecular formula is C15H12F2N2O6S2. The maximum Gasteiger partial charge on any atom is 0.341 e. The molecule has 8 nitrogen and oxygen atoms in total. The van der Waals surface area contributed by atoms with Gasteiger partial charge in [-0.15, -0.1) is 11.3 Å². The van der Waals surface area contributed by atoms with Crippen LogP contribution in [0.1, 0.15) is 20.0 Å². The summed E-state index contributed by atoms with van der Waals surface area (Å²) in [7, 11) is -4.77. The smallest absolute Gasteiger partial charge is 0.341 e. The van der Waals surface area contributed by atoms with E-state index in [9.17, 15) is 31.6 Å². The molecule has 0 fully saturated rings. The standard InChI is InChI=1S/C15H12F2N2O6S2/c16-15(17)27(23,24)10-5-3-9(4-6-10)14(22)25-8-12(20)18-19-13(21)11-2-1-7-26-11/h1-7,15H,8H2,(H,18,20)(H,19,21). The Hall–Kier alpha value is -2.86.